The molecule has 0 heterocycles. The second kappa shape index (κ2) is 39.4. The lowest BCUT2D eigenvalue weighted by Crippen LogP contribution is -2.22. The van der Waals surface area contributed by atoms with Gasteiger partial charge in [-0.2, -0.15) is 0 Å². The molecule has 0 spiro atoms. The Hall–Kier alpha value is 0.400. The van der Waals surface area contributed by atoms with Gasteiger partial charge in [-0.1, -0.05) is 222 Å². The molecule has 0 aliphatic rings. The van der Waals surface area contributed by atoms with Crippen molar-refractivity contribution in [3.8, 4) is 0 Å². The van der Waals surface area contributed by atoms with E-state index in [9.17, 15) is 0 Å². The normalized spacial score (nSPS) is 12.4. The first kappa shape index (κ1) is 42.4. The van der Waals surface area contributed by atoms with Gasteiger partial charge >= 0.3 is 0 Å². The third-order valence-electron chi connectivity index (χ3n) is 8.97. The molecule has 2 nitrogen and oxygen atoms in total. The standard InChI is InChI=1S/C39H79BrO2/c1-3-5-7-9-11-13-15-17-19-21-23-25-27-29-31-33-35-41-38-39(37-40)42-36-34-32-30-28-26-24-22-20-18-16-14-12-10-8-6-4-2/h39H,3-38H2,1-2H3. The number of rotatable bonds is 38. The lowest BCUT2D eigenvalue weighted by atomic mass is 10.0. The van der Waals surface area contributed by atoms with E-state index in [0.717, 1.165) is 25.2 Å². The fourth-order valence-corrected chi connectivity index (χ4v) is 6.38. The van der Waals surface area contributed by atoms with Gasteiger partial charge in [0.1, 0.15) is 0 Å². The molecular weight excluding hydrogens is 580 g/mol. The van der Waals surface area contributed by atoms with Gasteiger partial charge in [0.15, 0.2) is 0 Å². The molecule has 0 saturated heterocycles. The number of hydrogen-bond acceptors (Lipinski definition) is 2. The van der Waals surface area contributed by atoms with Crippen molar-refractivity contribution in [2.45, 2.75) is 225 Å². The first-order valence-electron chi connectivity index (χ1n) is 19.6. The van der Waals surface area contributed by atoms with Crippen LogP contribution in [0.15, 0.2) is 0 Å². The van der Waals surface area contributed by atoms with Crippen molar-refractivity contribution in [2.24, 2.45) is 0 Å². The Bertz CT molecular complexity index is 458. The summed E-state index contributed by atoms with van der Waals surface area (Å²) in [6.07, 6.45) is 45.5. The number of alkyl halides is 1. The highest BCUT2D eigenvalue weighted by Crippen LogP contribution is 2.15. The molecule has 42 heavy (non-hydrogen) atoms. The molecule has 254 valence electrons. The summed E-state index contributed by atoms with van der Waals surface area (Å²) in [5.41, 5.74) is 0. The predicted octanol–water partition coefficient (Wildman–Crippen LogP) is 14.3. The zero-order chi connectivity index (χ0) is 30.4. The van der Waals surface area contributed by atoms with Crippen LogP contribution in [0.4, 0.5) is 0 Å². The third-order valence-corrected chi connectivity index (χ3v) is 9.69. The van der Waals surface area contributed by atoms with Crippen LogP contribution in [0, 0.1) is 0 Å². The second-order valence-electron chi connectivity index (χ2n) is 13.3. The highest BCUT2D eigenvalue weighted by Gasteiger charge is 2.07. The van der Waals surface area contributed by atoms with Crippen molar-refractivity contribution in [1.29, 1.82) is 0 Å². The minimum absolute atomic E-state index is 0.211. The second-order valence-corrected chi connectivity index (χ2v) is 14.0. The molecule has 0 bridgehead atoms. The quantitative estimate of drug-likeness (QED) is 0.0485. The monoisotopic (exact) mass is 659 g/mol. The maximum atomic E-state index is 6.07. The van der Waals surface area contributed by atoms with E-state index in [2.05, 4.69) is 29.8 Å². The minimum atomic E-state index is 0.211. The summed E-state index contributed by atoms with van der Waals surface area (Å²) < 4.78 is 12.0. The van der Waals surface area contributed by atoms with E-state index >= 15 is 0 Å². The Kier molecular flexibility index (Phi) is 39.8. The van der Waals surface area contributed by atoms with Gasteiger partial charge in [0.25, 0.3) is 0 Å². The van der Waals surface area contributed by atoms with Crippen LogP contribution >= 0.6 is 15.9 Å². The predicted molar refractivity (Wildman–Crippen MR) is 193 cm³/mol. The van der Waals surface area contributed by atoms with Crippen molar-refractivity contribution in [2.75, 3.05) is 25.2 Å². The van der Waals surface area contributed by atoms with Gasteiger partial charge in [-0.25, -0.2) is 0 Å². The third kappa shape index (κ3) is 36.6. The molecule has 0 aliphatic heterocycles. The Morgan fingerprint density at radius 1 is 0.357 bits per heavy atom. The van der Waals surface area contributed by atoms with Crippen LogP contribution in [0.1, 0.15) is 219 Å². The van der Waals surface area contributed by atoms with Crippen molar-refractivity contribution >= 4 is 15.9 Å². The van der Waals surface area contributed by atoms with Gasteiger partial charge in [-0.15, -0.1) is 0 Å². The summed E-state index contributed by atoms with van der Waals surface area (Å²) in [6, 6.07) is 0. The minimum Gasteiger partial charge on any atom is -0.379 e. The summed E-state index contributed by atoms with van der Waals surface area (Å²) in [5.74, 6) is 0. The molecular formula is C39H79BrO2. The number of ether oxygens (including phenoxy) is 2. The Labute approximate surface area is 275 Å². The maximum absolute atomic E-state index is 6.07. The van der Waals surface area contributed by atoms with Crippen LogP contribution < -0.4 is 0 Å². The Balaban J connectivity index is 3.24. The molecule has 0 radical (unpaired) electrons. The van der Waals surface area contributed by atoms with E-state index in [1.807, 2.05) is 0 Å². The molecule has 0 aliphatic carbocycles. The topological polar surface area (TPSA) is 18.5 Å². The van der Waals surface area contributed by atoms with Crippen molar-refractivity contribution in [3.05, 3.63) is 0 Å². The summed E-state index contributed by atoms with van der Waals surface area (Å²) >= 11 is 3.61. The largest absolute Gasteiger partial charge is 0.379 e. The molecule has 1 atom stereocenters. The molecule has 3 heteroatoms. The number of unbranched alkanes of at least 4 members (excludes halogenated alkanes) is 30. The average molecular weight is 660 g/mol. The van der Waals surface area contributed by atoms with E-state index in [4.69, 9.17) is 9.47 Å². The van der Waals surface area contributed by atoms with E-state index < -0.39 is 0 Å². The summed E-state index contributed by atoms with van der Waals surface area (Å²) in [6.45, 7) is 7.12. The molecule has 0 saturated carbocycles. The van der Waals surface area contributed by atoms with Gasteiger partial charge in [-0.05, 0) is 12.8 Å². The van der Waals surface area contributed by atoms with Crippen LogP contribution in [-0.4, -0.2) is 31.3 Å². The average Bonchev–Trinajstić information content (AvgIpc) is 3.00. The van der Waals surface area contributed by atoms with Crippen molar-refractivity contribution in [1.82, 2.24) is 0 Å². The molecule has 0 N–H and O–H groups in total. The molecule has 0 aromatic rings. The van der Waals surface area contributed by atoms with E-state index in [1.165, 1.54) is 205 Å². The van der Waals surface area contributed by atoms with Crippen molar-refractivity contribution < 1.29 is 9.47 Å². The maximum Gasteiger partial charge on any atom is 0.0904 e. The number of hydrogen-bond donors (Lipinski definition) is 0. The number of halogens is 1. The molecule has 0 aromatic heterocycles. The molecule has 0 amide bonds. The van der Waals surface area contributed by atoms with Crippen LogP contribution in [0.25, 0.3) is 0 Å². The molecule has 0 rings (SSSR count). The van der Waals surface area contributed by atoms with Crippen LogP contribution in [0.3, 0.4) is 0 Å². The SMILES string of the molecule is CCCCCCCCCCCCCCCCCCOCC(CBr)OCCCCCCCCCCCCCCCCCC. The summed E-state index contributed by atoms with van der Waals surface area (Å²) in [7, 11) is 0. The van der Waals surface area contributed by atoms with Gasteiger partial charge < -0.3 is 9.47 Å². The lowest BCUT2D eigenvalue weighted by molar-refractivity contribution is -0.00563. The summed E-state index contributed by atoms with van der Waals surface area (Å²) in [4.78, 5) is 0. The van der Waals surface area contributed by atoms with Crippen LogP contribution in [-0.2, 0) is 9.47 Å². The Morgan fingerprint density at radius 2 is 0.619 bits per heavy atom. The molecule has 0 aromatic carbocycles. The van der Waals surface area contributed by atoms with Gasteiger partial charge in [-0.3, -0.25) is 0 Å². The van der Waals surface area contributed by atoms with E-state index in [1.54, 1.807) is 0 Å². The summed E-state index contributed by atoms with van der Waals surface area (Å²) in [5, 5.41) is 0.880. The van der Waals surface area contributed by atoms with E-state index in [-0.39, 0.29) is 6.10 Å². The van der Waals surface area contributed by atoms with Gasteiger partial charge in [0, 0.05) is 18.5 Å². The fraction of sp³-hybridized carbons (Fsp3) is 1.00. The highest BCUT2D eigenvalue weighted by atomic mass is 79.9. The van der Waals surface area contributed by atoms with E-state index in [0.29, 0.717) is 0 Å². The van der Waals surface area contributed by atoms with Gasteiger partial charge in [0.05, 0.1) is 12.7 Å². The van der Waals surface area contributed by atoms with Gasteiger partial charge in [0.2, 0.25) is 0 Å². The zero-order valence-electron chi connectivity index (χ0n) is 29.2. The van der Waals surface area contributed by atoms with Crippen LogP contribution in [0.5, 0.6) is 0 Å². The van der Waals surface area contributed by atoms with Crippen molar-refractivity contribution in [3.63, 3.8) is 0 Å². The smallest absolute Gasteiger partial charge is 0.0904 e. The molecule has 1 unspecified atom stereocenters. The zero-order valence-corrected chi connectivity index (χ0v) is 30.8. The fourth-order valence-electron chi connectivity index (χ4n) is 6.00. The van der Waals surface area contributed by atoms with Crippen LogP contribution in [0.2, 0.25) is 0 Å². The molecule has 0 fully saturated rings. The Morgan fingerprint density at radius 3 is 0.905 bits per heavy atom. The lowest BCUT2D eigenvalue weighted by Gasteiger charge is -2.15. The first-order valence-corrected chi connectivity index (χ1v) is 20.7. The first-order chi connectivity index (χ1) is 20.8. The highest BCUT2D eigenvalue weighted by molar-refractivity contribution is 9.09.